The number of hydrogen-bond acceptors (Lipinski definition) is 4. The summed E-state index contributed by atoms with van der Waals surface area (Å²) in [6.07, 6.45) is 3.64. The number of amides is 1. The Morgan fingerprint density at radius 3 is 2.37 bits per heavy atom. The number of sulfonamides is 1. The molecule has 0 radical (unpaired) electrons. The normalized spacial score (nSPS) is 19.9. The van der Waals surface area contributed by atoms with Gasteiger partial charge < -0.3 is 9.80 Å². The summed E-state index contributed by atoms with van der Waals surface area (Å²) in [5, 5.41) is 0. The maximum absolute atomic E-state index is 13.3. The Hall–Kier alpha value is -2.38. The molecule has 2 saturated heterocycles. The molecule has 2 fully saturated rings. The van der Waals surface area contributed by atoms with Crippen molar-refractivity contribution in [2.24, 2.45) is 0 Å². The lowest BCUT2D eigenvalue weighted by Crippen LogP contribution is -2.46. The van der Waals surface area contributed by atoms with E-state index in [0.29, 0.717) is 25.9 Å². The minimum atomic E-state index is -3.68. The second-order valence-electron chi connectivity index (χ2n) is 8.10. The zero-order chi connectivity index (χ0) is 21.1. The molecule has 0 saturated carbocycles. The standard InChI is InChI=1S/C23H29N3O3S/c1-24(18-19-10-5-6-13-21(19)25-15-7-8-16-25)23(27)22-14-9-17-26(22)30(28,29)20-11-3-2-4-12-20/h2-6,10-13,22H,7-9,14-18H2,1H3/t22-/m0/s1. The Morgan fingerprint density at radius 1 is 0.967 bits per heavy atom. The van der Waals surface area contributed by atoms with E-state index >= 15 is 0 Å². The van der Waals surface area contributed by atoms with E-state index in [1.807, 2.05) is 12.1 Å². The second kappa shape index (κ2) is 8.78. The zero-order valence-electron chi connectivity index (χ0n) is 17.4. The maximum Gasteiger partial charge on any atom is 0.243 e. The van der Waals surface area contributed by atoms with Crippen molar-refractivity contribution < 1.29 is 13.2 Å². The van der Waals surface area contributed by atoms with Crippen molar-refractivity contribution in [3.8, 4) is 0 Å². The van der Waals surface area contributed by atoms with E-state index in [9.17, 15) is 13.2 Å². The number of para-hydroxylation sites is 1. The highest BCUT2D eigenvalue weighted by molar-refractivity contribution is 7.89. The molecule has 4 rings (SSSR count). The van der Waals surface area contributed by atoms with Crippen molar-refractivity contribution in [1.82, 2.24) is 9.21 Å². The molecule has 1 amide bonds. The van der Waals surface area contributed by atoms with E-state index in [0.717, 1.165) is 18.7 Å². The smallest absolute Gasteiger partial charge is 0.243 e. The maximum atomic E-state index is 13.3. The summed E-state index contributed by atoms with van der Waals surface area (Å²) in [4.78, 5) is 17.6. The third-order valence-electron chi connectivity index (χ3n) is 6.06. The Kier molecular flexibility index (Phi) is 6.11. The van der Waals surface area contributed by atoms with Crippen LogP contribution in [0.15, 0.2) is 59.5 Å². The molecule has 1 atom stereocenters. The van der Waals surface area contributed by atoms with Gasteiger partial charge in [-0.3, -0.25) is 4.79 Å². The van der Waals surface area contributed by atoms with Crippen LogP contribution in [0, 0.1) is 0 Å². The van der Waals surface area contributed by atoms with Crippen molar-refractivity contribution in [1.29, 1.82) is 0 Å². The lowest BCUT2D eigenvalue weighted by Gasteiger charge is -2.29. The number of hydrogen-bond donors (Lipinski definition) is 0. The Labute approximate surface area is 179 Å². The van der Waals surface area contributed by atoms with E-state index in [2.05, 4.69) is 17.0 Å². The van der Waals surface area contributed by atoms with Crippen LogP contribution in [-0.2, 0) is 21.4 Å². The fourth-order valence-electron chi connectivity index (χ4n) is 4.50. The third-order valence-corrected chi connectivity index (χ3v) is 7.98. The molecule has 0 bridgehead atoms. The summed E-state index contributed by atoms with van der Waals surface area (Å²) in [5.41, 5.74) is 2.28. The van der Waals surface area contributed by atoms with Gasteiger partial charge in [0.2, 0.25) is 15.9 Å². The molecule has 0 aromatic heterocycles. The van der Waals surface area contributed by atoms with E-state index in [1.165, 1.54) is 22.8 Å². The van der Waals surface area contributed by atoms with Crippen LogP contribution in [-0.4, -0.2) is 56.3 Å². The molecule has 6 nitrogen and oxygen atoms in total. The third kappa shape index (κ3) is 4.09. The monoisotopic (exact) mass is 427 g/mol. The van der Waals surface area contributed by atoms with Gasteiger partial charge in [0.1, 0.15) is 6.04 Å². The van der Waals surface area contributed by atoms with Crippen LogP contribution in [0.3, 0.4) is 0 Å². The zero-order valence-corrected chi connectivity index (χ0v) is 18.2. The Balaban J connectivity index is 1.52. The highest BCUT2D eigenvalue weighted by Crippen LogP contribution is 2.29. The number of rotatable bonds is 6. The lowest BCUT2D eigenvalue weighted by atomic mass is 10.1. The summed E-state index contributed by atoms with van der Waals surface area (Å²) in [6.45, 7) is 2.94. The molecule has 2 heterocycles. The number of nitrogens with zero attached hydrogens (tertiary/aromatic N) is 3. The highest BCUT2D eigenvalue weighted by atomic mass is 32.2. The van der Waals surface area contributed by atoms with Crippen LogP contribution in [0.1, 0.15) is 31.2 Å². The average molecular weight is 428 g/mol. The van der Waals surface area contributed by atoms with Crippen LogP contribution < -0.4 is 4.90 Å². The van der Waals surface area contributed by atoms with Gasteiger partial charge in [-0.05, 0) is 49.4 Å². The van der Waals surface area contributed by atoms with Gasteiger partial charge in [-0.2, -0.15) is 4.31 Å². The molecule has 0 unspecified atom stereocenters. The number of carbonyl (C=O) groups excluding carboxylic acids is 1. The molecule has 2 aliphatic heterocycles. The molecule has 30 heavy (non-hydrogen) atoms. The van der Waals surface area contributed by atoms with E-state index < -0.39 is 16.1 Å². The van der Waals surface area contributed by atoms with E-state index in [-0.39, 0.29) is 10.8 Å². The first kappa shape index (κ1) is 20.9. The largest absolute Gasteiger partial charge is 0.371 e. The minimum absolute atomic E-state index is 0.136. The topological polar surface area (TPSA) is 60.9 Å². The molecule has 7 heteroatoms. The SMILES string of the molecule is CN(Cc1ccccc1N1CCCC1)C(=O)[C@@H]1CCCN1S(=O)(=O)c1ccccc1. The molecule has 2 aromatic carbocycles. The van der Waals surface area contributed by atoms with Crippen molar-refractivity contribution in [3.63, 3.8) is 0 Å². The predicted molar refractivity (Wildman–Crippen MR) is 118 cm³/mol. The van der Waals surface area contributed by atoms with Gasteiger partial charge in [-0.1, -0.05) is 36.4 Å². The Bertz CT molecular complexity index is 988. The molecular weight excluding hydrogens is 398 g/mol. The Morgan fingerprint density at radius 2 is 1.63 bits per heavy atom. The fourth-order valence-corrected chi connectivity index (χ4v) is 6.17. The number of anilines is 1. The quantitative estimate of drug-likeness (QED) is 0.711. The van der Waals surface area contributed by atoms with E-state index in [4.69, 9.17) is 0 Å². The summed E-state index contributed by atoms with van der Waals surface area (Å²) < 4.78 is 27.6. The van der Waals surface area contributed by atoms with Crippen molar-refractivity contribution in [3.05, 3.63) is 60.2 Å². The molecule has 0 spiro atoms. The van der Waals surface area contributed by atoms with Crippen molar-refractivity contribution in [2.75, 3.05) is 31.6 Å². The number of carbonyl (C=O) groups is 1. The van der Waals surface area contributed by atoms with Crippen LogP contribution in [0.2, 0.25) is 0 Å². The molecule has 2 aromatic rings. The van der Waals surface area contributed by atoms with Gasteiger partial charge in [0.25, 0.3) is 0 Å². The highest BCUT2D eigenvalue weighted by Gasteiger charge is 2.40. The molecule has 2 aliphatic rings. The first-order chi connectivity index (χ1) is 14.5. The summed E-state index contributed by atoms with van der Waals surface area (Å²) in [7, 11) is -1.91. The first-order valence-corrected chi connectivity index (χ1v) is 12.1. The summed E-state index contributed by atoms with van der Waals surface area (Å²) in [6, 6.07) is 15.9. The molecular formula is C23H29N3O3S. The van der Waals surface area contributed by atoms with Crippen LogP contribution in [0.5, 0.6) is 0 Å². The summed E-state index contributed by atoms with van der Waals surface area (Å²) >= 11 is 0. The van der Waals surface area contributed by atoms with Crippen LogP contribution in [0.4, 0.5) is 5.69 Å². The van der Waals surface area contributed by atoms with Gasteiger partial charge in [-0.25, -0.2) is 8.42 Å². The lowest BCUT2D eigenvalue weighted by molar-refractivity contribution is -0.133. The average Bonchev–Trinajstić information content (AvgIpc) is 3.47. The first-order valence-electron chi connectivity index (χ1n) is 10.6. The molecule has 0 aliphatic carbocycles. The second-order valence-corrected chi connectivity index (χ2v) is 9.99. The van der Waals surface area contributed by atoms with Gasteiger partial charge in [-0.15, -0.1) is 0 Å². The minimum Gasteiger partial charge on any atom is -0.371 e. The number of likely N-dealkylation sites (N-methyl/N-ethyl adjacent to an activating group) is 1. The van der Waals surface area contributed by atoms with Crippen molar-refractivity contribution >= 4 is 21.6 Å². The van der Waals surface area contributed by atoms with E-state index in [1.54, 1.807) is 42.3 Å². The summed E-state index contributed by atoms with van der Waals surface area (Å²) in [5.74, 6) is -0.136. The van der Waals surface area contributed by atoms with Gasteiger partial charge in [0.15, 0.2) is 0 Å². The molecule has 160 valence electrons. The van der Waals surface area contributed by atoms with Gasteiger partial charge in [0.05, 0.1) is 4.90 Å². The van der Waals surface area contributed by atoms with Crippen LogP contribution >= 0.6 is 0 Å². The fraction of sp³-hybridized carbons (Fsp3) is 0.435. The van der Waals surface area contributed by atoms with Crippen LogP contribution in [0.25, 0.3) is 0 Å². The van der Waals surface area contributed by atoms with Gasteiger partial charge >= 0.3 is 0 Å². The molecule has 0 N–H and O–H groups in total. The van der Waals surface area contributed by atoms with Crippen molar-refractivity contribution in [2.45, 2.75) is 43.2 Å². The number of benzene rings is 2. The van der Waals surface area contributed by atoms with Gasteiger partial charge in [0, 0.05) is 38.9 Å². The predicted octanol–water partition coefficient (Wildman–Crippen LogP) is 3.10.